The molecule has 40 heavy (non-hydrogen) atoms. The molecule has 0 saturated carbocycles. The number of carboxylic acids is 1. The molecular weight excluding hydrogens is 512 g/mol. The van der Waals surface area contributed by atoms with Crippen LogP contribution in [0.15, 0.2) is 65.7 Å². The summed E-state index contributed by atoms with van der Waals surface area (Å²) in [4.78, 5) is 52.9. The number of carboxylic acid groups (broad SMARTS) is 1. The van der Waals surface area contributed by atoms with Crippen molar-refractivity contribution < 1.29 is 19.4 Å². The number of rotatable bonds is 8. The maximum absolute atomic E-state index is 14.2. The first kappa shape index (κ1) is 28.2. The first-order valence-corrected chi connectivity index (χ1v) is 12.8. The zero-order valence-electron chi connectivity index (χ0n) is 23.1. The minimum Gasteiger partial charge on any atom is -0.478 e. The van der Waals surface area contributed by atoms with E-state index in [1.807, 2.05) is 49.4 Å². The van der Waals surface area contributed by atoms with Crippen LogP contribution in [-0.4, -0.2) is 49.3 Å². The summed E-state index contributed by atoms with van der Waals surface area (Å²) in [5.74, 6) is -0.420. The van der Waals surface area contributed by atoms with E-state index in [4.69, 9.17) is 14.8 Å². The largest absolute Gasteiger partial charge is 0.478 e. The van der Waals surface area contributed by atoms with Gasteiger partial charge in [-0.1, -0.05) is 37.3 Å². The molecule has 1 unspecified atom stereocenters. The summed E-state index contributed by atoms with van der Waals surface area (Å²) in [5.41, 5.74) is 0.781. The number of amides is 1. The molecule has 208 valence electrons. The van der Waals surface area contributed by atoms with Crippen LogP contribution in [0.1, 0.15) is 61.9 Å². The van der Waals surface area contributed by atoms with E-state index in [1.54, 1.807) is 38.8 Å². The second kappa shape index (κ2) is 11.5. The number of para-hydroxylation sites is 1. The van der Waals surface area contributed by atoms with Crippen molar-refractivity contribution in [2.45, 2.75) is 52.3 Å². The number of anilines is 1. The number of aromatic nitrogens is 4. The molecule has 1 atom stereocenters. The van der Waals surface area contributed by atoms with Crippen LogP contribution in [0.25, 0.3) is 16.6 Å². The molecule has 2 aromatic carbocycles. The molecule has 0 radical (unpaired) electrons. The van der Waals surface area contributed by atoms with E-state index in [1.165, 1.54) is 17.0 Å². The van der Waals surface area contributed by atoms with Crippen LogP contribution in [0.3, 0.4) is 0 Å². The van der Waals surface area contributed by atoms with Crippen molar-refractivity contribution in [3.8, 4) is 5.69 Å². The molecule has 0 aliphatic heterocycles. The lowest BCUT2D eigenvalue weighted by atomic mass is 10.1. The molecule has 0 bridgehead atoms. The van der Waals surface area contributed by atoms with Gasteiger partial charge in [0.05, 0.1) is 28.2 Å². The number of fused-ring (bicyclic) bond motifs is 1. The number of hydrogen-bond acceptors (Lipinski definition) is 8. The Hall–Kier alpha value is -4.80. The summed E-state index contributed by atoms with van der Waals surface area (Å²) in [6, 6.07) is 13.9. The number of nitrogens with one attached hydrogen (secondary N) is 1. The van der Waals surface area contributed by atoms with E-state index in [2.05, 4.69) is 15.3 Å². The number of nitrogens with zero attached hydrogens (tertiary/aromatic N) is 5. The lowest BCUT2D eigenvalue weighted by Gasteiger charge is -2.25. The van der Waals surface area contributed by atoms with Gasteiger partial charge in [0.2, 0.25) is 5.95 Å². The van der Waals surface area contributed by atoms with Gasteiger partial charge in [0.25, 0.3) is 5.56 Å². The zero-order valence-corrected chi connectivity index (χ0v) is 23.1. The Labute approximate surface area is 231 Å². The van der Waals surface area contributed by atoms with Gasteiger partial charge in [-0.2, -0.15) is 0 Å². The van der Waals surface area contributed by atoms with Gasteiger partial charge in [0.15, 0.2) is 0 Å². The van der Waals surface area contributed by atoms with Crippen LogP contribution in [0.5, 0.6) is 0 Å². The summed E-state index contributed by atoms with van der Waals surface area (Å²) in [7, 11) is 1.75. The lowest BCUT2D eigenvalue weighted by molar-refractivity contribution is 0.0498. The average Bonchev–Trinajstić information content (AvgIpc) is 2.91. The average molecular weight is 545 g/mol. The molecule has 11 nitrogen and oxygen atoms in total. The number of carbonyl (C=O) groups is 2. The van der Waals surface area contributed by atoms with Crippen LogP contribution >= 0.6 is 0 Å². The molecule has 0 fully saturated rings. The maximum Gasteiger partial charge on any atom is 0.408 e. The fourth-order valence-corrected chi connectivity index (χ4v) is 4.26. The Morgan fingerprint density at radius 1 is 1.07 bits per heavy atom. The van der Waals surface area contributed by atoms with Crippen molar-refractivity contribution in [2.75, 3.05) is 11.9 Å². The van der Waals surface area contributed by atoms with Gasteiger partial charge in [-0.15, -0.1) is 0 Å². The molecule has 0 saturated heterocycles. The summed E-state index contributed by atoms with van der Waals surface area (Å²) < 4.78 is 6.99. The predicted molar refractivity (Wildman–Crippen MR) is 151 cm³/mol. The fourth-order valence-electron chi connectivity index (χ4n) is 4.26. The quantitative estimate of drug-likeness (QED) is 0.328. The van der Waals surface area contributed by atoms with Gasteiger partial charge >= 0.3 is 12.1 Å². The third kappa shape index (κ3) is 6.25. The normalized spacial score (nSPS) is 12.1. The molecule has 1 amide bonds. The minimum atomic E-state index is -1.11. The second-order valence-corrected chi connectivity index (χ2v) is 10.3. The van der Waals surface area contributed by atoms with Crippen molar-refractivity contribution in [3.05, 3.63) is 88.2 Å². The van der Waals surface area contributed by atoms with Crippen LogP contribution in [0.4, 0.5) is 10.7 Å². The lowest BCUT2D eigenvalue weighted by Crippen LogP contribution is -2.38. The first-order chi connectivity index (χ1) is 19.0. The van der Waals surface area contributed by atoms with E-state index >= 15 is 0 Å². The Morgan fingerprint density at radius 2 is 1.75 bits per heavy atom. The van der Waals surface area contributed by atoms with Crippen molar-refractivity contribution in [3.63, 3.8) is 0 Å². The van der Waals surface area contributed by atoms with Crippen LogP contribution in [0.2, 0.25) is 0 Å². The zero-order chi connectivity index (χ0) is 29.0. The smallest absolute Gasteiger partial charge is 0.408 e. The molecule has 0 aliphatic carbocycles. The van der Waals surface area contributed by atoms with Crippen LogP contribution < -0.4 is 15.8 Å². The highest BCUT2D eigenvalue weighted by Gasteiger charge is 2.25. The van der Waals surface area contributed by atoms with E-state index < -0.39 is 23.7 Å². The van der Waals surface area contributed by atoms with Gasteiger partial charge in [0.1, 0.15) is 11.4 Å². The van der Waals surface area contributed by atoms with Gasteiger partial charge in [-0.25, -0.2) is 24.5 Å². The van der Waals surface area contributed by atoms with E-state index in [0.717, 1.165) is 0 Å². The molecule has 4 aromatic rings. The Morgan fingerprint density at radius 3 is 2.35 bits per heavy atom. The molecule has 11 heteroatoms. The van der Waals surface area contributed by atoms with E-state index in [-0.39, 0.29) is 17.7 Å². The highest BCUT2D eigenvalue weighted by atomic mass is 16.6. The van der Waals surface area contributed by atoms with Crippen molar-refractivity contribution >= 4 is 28.9 Å². The third-order valence-corrected chi connectivity index (χ3v) is 6.07. The molecule has 0 spiro atoms. The van der Waals surface area contributed by atoms with Crippen molar-refractivity contribution in [2.24, 2.45) is 0 Å². The highest BCUT2D eigenvalue weighted by Crippen LogP contribution is 2.24. The second-order valence-electron chi connectivity index (χ2n) is 10.3. The predicted octanol–water partition coefficient (Wildman–Crippen LogP) is 4.49. The first-order valence-electron chi connectivity index (χ1n) is 12.8. The van der Waals surface area contributed by atoms with Gasteiger partial charge in [-0.3, -0.25) is 9.36 Å². The maximum atomic E-state index is 14.2. The van der Waals surface area contributed by atoms with Gasteiger partial charge in [-0.05, 0) is 51.0 Å². The summed E-state index contributed by atoms with van der Waals surface area (Å²) in [5, 5.41) is 12.4. The molecule has 2 heterocycles. The number of carbonyl (C=O) groups excluding carboxylic acids is 1. The van der Waals surface area contributed by atoms with Crippen LogP contribution in [-0.2, 0) is 11.3 Å². The topological polar surface area (TPSA) is 140 Å². The third-order valence-electron chi connectivity index (χ3n) is 6.07. The molecule has 4 rings (SSSR count). The number of ether oxygens (including phenoxy) is 1. The number of benzene rings is 2. The fraction of sp³-hybridized carbons (Fsp3) is 0.310. The van der Waals surface area contributed by atoms with Crippen molar-refractivity contribution in [1.29, 1.82) is 0 Å². The van der Waals surface area contributed by atoms with Crippen LogP contribution in [0, 0.1) is 0 Å². The molecular formula is C29H32N6O5. The SMILES string of the molecule is CCC(NC(=O)OC(C)(C)C)c1nc2cccc(CN(C)c3ncc(C(=O)O)cn3)c2c(=O)n1-c1ccccc1. The molecule has 2 aromatic heterocycles. The van der Waals surface area contributed by atoms with Gasteiger partial charge < -0.3 is 20.1 Å². The summed E-state index contributed by atoms with van der Waals surface area (Å²) in [6.45, 7) is 7.51. The van der Waals surface area contributed by atoms with Crippen molar-refractivity contribution in [1.82, 2.24) is 24.8 Å². The summed E-state index contributed by atoms with van der Waals surface area (Å²) >= 11 is 0. The summed E-state index contributed by atoms with van der Waals surface area (Å²) in [6.07, 6.45) is 2.35. The molecule has 2 N–H and O–H groups in total. The number of alkyl carbamates (subject to hydrolysis) is 1. The Kier molecular flexibility index (Phi) is 8.13. The number of hydrogen-bond donors (Lipinski definition) is 2. The monoisotopic (exact) mass is 544 g/mol. The van der Waals surface area contributed by atoms with Gasteiger partial charge in [0, 0.05) is 26.0 Å². The Bertz CT molecular complexity index is 1580. The minimum absolute atomic E-state index is 0.0183. The highest BCUT2D eigenvalue weighted by molar-refractivity contribution is 5.87. The van der Waals surface area contributed by atoms with E-state index in [9.17, 15) is 14.4 Å². The van der Waals surface area contributed by atoms with E-state index in [0.29, 0.717) is 40.3 Å². The molecule has 0 aliphatic rings. The number of aromatic carboxylic acids is 1. The standard InChI is InChI=1S/C29H32N6O5/c1-6-21(33-28(39)40-29(2,3)4)24-32-22-14-10-11-18(17-34(5)27-30-15-19(16-31-27)26(37)38)23(22)25(36)35(24)20-12-8-7-9-13-20/h7-16,21H,6,17H2,1-5H3,(H,33,39)(H,37,38). The Balaban J connectivity index is 1.81.